The van der Waals surface area contributed by atoms with Gasteiger partial charge in [-0.05, 0) is 67.0 Å². The van der Waals surface area contributed by atoms with E-state index in [-0.39, 0.29) is 5.15 Å². The largest absolute Gasteiger partial charge is 0.472 e. The lowest BCUT2D eigenvalue weighted by Crippen LogP contribution is -2.39. The highest BCUT2D eigenvalue weighted by atomic mass is 79.9. The first-order valence-electron chi connectivity index (χ1n) is 17.0. The number of halogens is 2. The average Bonchev–Trinajstić information content (AvgIpc) is 3.88. The predicted octanol–water partition coefficient (Wildman–Crippen LogP) is 9.97. The fourth-order valence-electron chi connectivity index (χ4n) is 7.24. The maximum atomic E-state index is 12.3. The number of hydrogen-bond acceptors (Lipinski definition) is 6. The van der Waals surface area contributed by atoms with Gasteiger partial charge in [0.05, 0.1) is 19.1 Å². The number of imidazole rings is 1. The van der Waals surface area contributed by atoms with Crippen LogP contribution in [-0.2, 0) is 18.5 Å². The molecule has 0 bridgehead atoms. The van der Waals surface area contributed by atoms with E-state index in [0.29, 0.717) is 24.5 Å². The summed E-state index contributed by atoms with van der Waals surface area (Å²) in [4.78, 5) is 18.6. The van der Waals surface area contributed by atoms with Crippen molar-refractivity contribution in [3.8, 4) is 33.6 Å². The Balaban J connectivity index is 1.34. The molecule has 0 N–H and O–H groups in total. The Hall–Kier alpha value is -5.64. The van der Waals surface area contributed by atoms with Crippen LogP contribution in [0.5, 0.6) is 0 Å². The monoisotopic (exact) mass is 766 g/mol. The molecule has 52 heavy (non-hydrogen) atoms. The molecular formula is C42H32BrClN6O2. The molecule has 0 saturated heterocycles. The average molecular weight is 768 g/mol. The fraction of sp³-hybridized carbons (Fsp3) is 0.119. The van der Waals surface area contributed by atoms with E-state index < -0.39 is 5.54 Å². The molecule has 4 aromatic carbocycles. The zero-order valence-electron chi connectivity index (χ0n) is 28.2. The number of benzene rings is 4. The molecule has 2 aromatic heterocycles. The summed E-state index contributed by atoms with van der Waals surface area (Å²) in [6, 6.07) is 40.8. The lowest BCUT2D eigenvalue weighted by atomic mass is 9.77. The lowest BCUT2D eigenvalue weighted by molar-refractivity contribution is 0.111. The predicted molar refractivity (Wildman–Crippen MR) is 206 cm³/mol. The summed E-state index contributed by atoms with van der Waals surface area (Å²) in [5.74, 6) is 1.21. The van der Waals surface area contributed by atoms with E-state index in [1.165, 1.54) is 0 Å². The van der Waals surface area contributed by atoms with Gasteiger partial charge in [-0.2, -0.15) is 0 Å². The van der Waals surface area contributed by atoms with E-state index in [1.54, 1.807) is 17.3 Å². The topological polar surface area (TPSA) is 91.6 Å². The van der Waals surface area contributed by atoms with Crippen molar-refractivity contribution in [1.29, 1.82) is 0 Å². The van der Waals surface area contributed by atoms with Crippen LogP contribution in [0.15, 0.2) is 143 Å². The number of aryl methyl sites for hydroxylation is 1. The zero-order valence-corrected chi connectivity index (χ0v) is 30.5. The van der Waals surface area contributed by atoms with Crippen LogP contribution in [0, 0.1) is 0 Å². The minimum Gasteiger partial charge on any atom is -0.472 e. The third-order valence-electron chi connectivity index (χ3n) is 9.54. The molecule has 0 fully saturated rings. The van der Waals surface area contributed by atoms with Crippen LogP contribution in [0.2, 0.25) is 5.15 Å². The Morgan fingerprint density at radius 3 is 1.98 bits per heavy atom. The van der Waals surface area contributed by atoms with Crippen LogP contribution in [-0.4, -0.2) is 36.0 Å². The van der Waals surface area contributed by atoms with Gasteiger partial charge in [-0.15, -0.1) is 15.0 Å². The molecule has 8 rings (SSSR count). The summed E-state index contributed by atoms with van der Waals surface area (Å²) >= 11 is 10.4. The van der Waals surface area contributed by atoms with Crippen molar-refractivity contribution >= 4 is 33.8 Å². The van der Waals surface area contributed by atoms with Gasteiger partial charge in [0.15, 0.2) is 17.0 Å². The SMILES string of the molecule is CCCc1nc(Cl)c(C=O)n1Cc1c2ccocc-2c(Br)c1-c1ccccc1-c1nnn(C(c2ccccc2)(c2ccccc2)c2ccccc2)n1. The molecule has 0 amide bonds. The summed E-state index contributed by atoms with van der Waals surface area (Å²) < 4.78 is 8.42. The van der Waals surface area contributed by atoms with Crippen LogP contribution < -0.4 is 0 Å². The van der Waals surface area contributed by atoms with Gasteiger partial charge in [0.2, 0.25) is 5.82 Å². The zero-order chi connectivity index (χ0) is 35.7. The molecule has 1 aliphatic carbocycles. The Morgan fingerprint density at radius 1 is 0.788 bits per heavy atom. The Bertz CT molecular complexity index is 2360. The van der Waals surface area contributed by atoms with Crippen LogP contribution >= 0.6 is 27.5 Å². The minimum atomic E-state index is -0.923. The van der Waals surface area contributed by atoms with Gasteiger partial charge in [-0.1, -0.05) is 134 Å². The minimum absolute atomic E-state index is 0.199. The van der Waals surface area contributed by atoms with E-state index in [0.717, 1.165) is 73.1 Å². The van der Waals surface area contributed by atoms with Gasteiger partial charge in [0.1, 0.15) is 11.5 Å². The van der Waals surface area contributed by atoms with Gasteiger partial charge in [0.25, 0.3) is 0 Å². The third-order valence-corrected chi connectivity index (χ3v) is 10.6. The first kappa shape index (κ1) is 33.5. The van der Waals surface area contributed by atoms with E-state index >= 15 is 0 Å². The van der Waals surface area contributed by atoms with Crippen LogP contribution in [0.3, 0.4) is 0 Å². The molecule has 10 heteroatoms. The second-order valence-electron chi connectivity index (χ2n) is 12.5. The normalized spacial score (nSPS) is 11.7. The first-order valence-corrected chi connectivity index (χ1v) is 18.2. The highest BCUT2D eigenvalue weighted by Gasteiger charge is 2.41. The number of hydrogen-bond donors (Lipinski definition) is 0. The van der Waals surface area contributed by atoms with Crippen molar-refractivity contribution in [3.63, 3.8) is 0 Å². The number of tetrazole rings is 1. The van der Waals surface area contributed by atoms with Gasteiger partial charge >= 0.3 is 0 Å². The number of rotatable bonds is 11. The number of nitrogens with zero attached hydrogens (tertiary/aromatic N) is 6. The van der Waals surface area contributed by atoms with Crippen molar-refractivity contribution in [2.75, 3.05) is 0 Å². The molecule has 8 nitrogen and oxygen atoms in total. The van der Waals surface area contributed by atoms with Gasteiger partial charge in [0, 0.05) is 27.6 Å². The van der Waals surface area contributed by atoms with E-state index in [9.17, 15) is 4.79 Å². The molecule has 0 saturated carbocycles. The number of aromatic nitrogens is 6. The molecule has 3 heterocycles. The molecule has 0 radical (unpaired) electrons. The number of fused-ring (bicyclic) bond motifs is 1. The molecule has 0 atom stereocenters. The summed E-state index contributed by atoms with van der Waals surface area (Å²) in [6.07, 6.45) is 5.69. The number of aldehydes is 1. The van der Waals surface area contributed by atoms with Gasteiger partial charge in [-0.3, -0.25) is 4.79 Å². The Kier molecular flexibility index (Phi) is 9.13. The lowest BCUT2D eigenvalue weighted by Gasteiger charge is -2.34. The van der Waals surface area contributed by atoms with E-state index in [4.69, 9.17) is 31.4 Å². The number of carbonyl (C=O) groups excluding carboxylic acids is 1. The molecule has 6 aromatic rings. The first-order chi connectivity index (χ1) is 25.6. The maximum absolute atomic E-state index is 12.3. The molecular weight excluding hydrogens is 736 g/mol. The van der Waals surface area contributed by atoms with Crippen molar-refractivity contribution in [3.05, 3.63) is 177 Å². The van der Waals surface area contributed by atoms with Crippen LogP contribution in [0.1, 0.15) is 51.9 Å². The Labute approximate surface area is 314 Å². The molecule has 256 valence electrons. The quantitative estimate of drug-likeness (QED) is 0.0962. The van der Waals surface area contributed by atoms with Crippen LogP contribution in [0.4, 0.5) is 0 Å². The summed E-state index contributed by atoms with van der Waals surface area (Å²) in [7, 11) is 0. The Morgan fingerprint density at radius 2 is 1.38 bits per heavy atom. The van der Waals surface area contributed by atoms with Crippen molar-refractivity contribution in [2.45, 2.75) is 31.8 Å². The second-order valence-corrected chi connectivity index (χ2v) is 13.6. The molecule has 0 unspecified atom stereocenters. The van der Waals surface area contributed by atoms with Crippen LogP contribution in [0.25, 0.3) is 33.6 Å². The molecule has 1 aliphatic heterocycles. The third kappa shape index (κ3) is 5.57. The standard InChI is InChI=1S/C42H32BrClN6O2/c1-2-14-37-45-40(44)36(26-51)49(37)25-34-31-23-24-52-27-35(31)39(43)38(34)32-21-12-13-22-33(32)41-46-48-50(47-41)42(28-15-6-3-7-16-28,29-17-8-4-9-18-29)30-19-10-5-11-20-30/h3-13,15-24,26-27H,2,14,25H2,1H3. The van der Waals surface area contributed by atoms with Crippen molar-refractivity contribution < 1.29 is 9.21 Å². The van der Waals surface area contributed by atoms with Crippen molar-refractivity contribution in [2.24, 2.45) is 0 Å². The number of carbonyl (C=O) groups is 1. The smallest absolute Gasteiger partial charge is 0.205 e. The summed E-state index contributed by atoms with van der Waals surface area (Å²) in [5, 5.41) is 15.0. The summed E-state index contributed by atoms with van der Waals surface area (Å²) in [5.41, 5.74) is 7.85. The second kappa shape index (κ2) is 14.2. The molecule has 2 aliphatic rings. The summed E-state index contributed by atoms with van der Waals surface area (Å²) in [6.45, 7) is 2.44. The fourth-order valence-corrected chi connectivity index (χ4v) is 8.24. The highest BCUT2D eigenvalue weighted by Crippen LogP contribution is 2.49. The highest BCUT2D eigenvalue weighted by molar-refractivity contribution is 9.10. The van der Waals surface area contributed by atoms with E-state index in [2.05, 4.69) is 70.3 Å². The van der Waals surface area contributed by atoms with E-state index in [1.807, 2.05) is 83.4 Å². The molecule has 0 spiro atoms. The maximum Gasteiger partial charge on any atom is 0.205 e. The van der Waals surface area contributed by atoms with Gasteiger partial charge in [-0.25, -0.2) is 4.98 Å². The van der Waals surface area contributed by atoms with Gasteiger partial charge < -0.3 is 8.98 Å². The van der Waals surface area contributed by atoms with Crippen molar-refractivity contribution in [1.82, 2.24) is 29.8 Å².